The number of carbonyl (C=O) groups excluding carboxylic acids is 1. The number of carbonyl (C=O) groups is 1. The van der Waals surface area contributed by atoms with E-state index >= 15 is 0 Å². The zero-order chi connectivity index (χ0) is 18.3. The number of benzene rings is 1. The summed E-state index contributed by atoms with van der Waals surface area (Å²) in [7, 11) is -0.254. The Labute approximate surface area is 151 Å². The van der Waals surface area contributed by atoms with Crippen LogP contribution in [-0.4, -0.2) is 48.1 Å². The minimum absolute atomic E-state index is 0.0909. The molecular weight excluding hydrogens is 362 g/mol. The van der Waals surface area contributed by atoms with E-state index in [9.17, 15) is 13.2 Å². The first kappa shape index (κ1) is 19.2. The van der Waals surface area contributed by atoms with E-state index in [-0.39, 0.29) is 16.7 Å². The van der Waals surface area contributed by atoms with Gasteiger partial charge in [0.25, 0.3) is 15.9 Å². The third-order valence-electron chi connectivity index (χ3n) is 3.38. The first-order valence-corrected chi connectivity index (χ1v) is 9.93. The van der Waals surface area contributed by atoms with Gasteiger partial charge in [0.1, 0.15) is 9.96 Å². The van der Waals surface area contributed by atoms with Gasteiger partial charge in [0.2, 0.25) is 0 Å². The number of sulfonamides is 1. The number of hydrogen-bond donors (Lipinski definition) is 2. The summed E-state index contributed by atoms with van der Waals surface area (Å²) in [6, 6.07) is 9.82. The normalized spacial score (nSPS) is 11.1. The van der Waals surface area contributed by atoms with Crippen LogP contribution in [0.2, 0.25) is 0 Å². The predicted molar refractivity (Wildman–Crippen MR) is 98.8 cm³/mol. The third-order valence-corrected chi connectivity index (χ3v) is 6.54. The van der Waals surface area contributed by atoms with E-state index in [1.807, 2.05) is 0 Å². The first-order chi connectivity index (χ1) is 11.9. The van der Waals surface area contributed by atoms with Crippen LogP contribution in [0, 0.1) is 0 Å². The Hall–Kier alpha value is -2.10. The number of likely N-dealkylation sites (N-methyl/N-ethyl adjacent to an activating group) is 1. The Bertz CT molecular complexity index is 774. The van der Waals surface area contributed by atoms with Crippen molar-refractivity contribution in [3.8, 4) is 5.75 Å². The molecule has 0 bridgehead atoms. The molecule has 0 radical (unpaired) electrons. The molecule has 0 spiro atoms. The van der Waals surface area contributed by atoms with Gasteiger partial charge < -0.3 is 15.4 Å². The molecule has 136 valence electrons. The summed E-state index contributed by atoms with van der Waals surface area (Å²) in [5, 5.41) is 7.35. The zero-order valence-corrected chi connectivity index (χ0v) is 15.7. The highest BCUT2D eigenvalue weighted by molar-refractivity contribution is 7.94. The van der Waals surface area contributed by atoms with Gasteiger partial charge in [-0.15, -0.1) is 11.3 Å². The highest BCUT2D eigenvalue weighted by Crippen LogP contribution is 2.26. The molecule has 0 fully saturated rings. The number of rotatable bonds is 9. The minimum Gasteiger partial charge on any atom is -0.484 e. The van der Waals surface area contributed by atoms with Crippen LogP contribution < -0.4 is 19.7 Å². The Balaban J connectivity index is 1.94. The Morgan fingerprint density at radius 1 is 1.20 bits per heavy atom. The highest BCUT2D eigenvalue weighted by Gasteiger charge is 2.22. The van der Waals surface area contributed by atoms with Crippen LogP contribution in [-0.2, 0) is 14.8 Å². The second-order valence-electron chi connectivity index (χ2n) is 5.14. The van der Waals surface area contributed by atoms with Crippen molar-refractivity contribution >= 4 is 33.0 Å². The van der Waals surface area contributed by atoms with Gasteiger partial charge in [0, 0.05) is 20.1 Å². The van der Waals surface area contributed by atoms with Crippen LogP contribution in [0.5, 0.6) is 5.75 Å². The average molecular weight is 383 g/mol. The highest BCUT2D eigenvalue weighted by atomic mass is 32.2. The van der Waals surface area contributed by atoms with Gasteiger partial charge in [-0.25, -0.2) is 8.42 Å². The molecule has 1 aromatic carbocycles. The van der Waals surface area contributed by atoms with Gasteiger partial charge in [-0.05, 0) is 42.8 Å². The molecule has 0 saturated heterocycles. The summed E-state index contributed by atoms with van der Waals surface area (Å²) in [5.74, 6) is 0.283. The van der Waals surface area contributed by atoms with E-state index in [4.69, 9.17) is 4.74 Å². The van der Waals surface area contributed by atoms with E-state index < -0.39 is 10.0 Å². The molecule has 2 aromatic rings. The zero-order valence-electron chi connectivity index (χ0n) is 14.1. The molecule has 0 aliphatic heterocycles. The lowest BCUT2D eigenvalue weighted by atomic mass is 10.3. The van der Waals surface area contributed by atoms with Crippen molar-refractivity contribution in [1.29, 1.82) is 0 Å². The van der Waals surface area contributed by atoms with Crippen LogP contribution in [0.15, 0.2) is 46.0 Å². The summed E-state index contributed by atoms with van der Waals surface area (Å²) in [6.07, 6.45) is 0. The molecule has 0 aliphatic rings. The monoisotopic (exact) mass is 383 g/mol. The van der Waals surface area contributed by atoms with Crippen molar-refractivity contribution in [2.75, 3.05) is 38.1 Å². The third kappa shape index (κ3) is 5.18. The minimum atomic E-state index is -3.56. The van der Waals surface area contributed by atoms with Crippen molar-refractivity contribution in [1.82, 2.24) is 10.6 Å². The smallest absolute Gasteiger partial charge is 0.273 e. The summed E-state index contributed by atoms with van der Waals surface area (Å²) >= 11 is 1.17. The first-order valence-electron chi connectivity index (χ1n) is 7.61. The summed E-state index contributed by atoms with van der Waals surface area (Å²) in [6.45, 7) is 1.13. The lowest BCUT2D eigenvalue weighted by molar-refractivity contribution is -0.123. The molecule has 0 saturated carbocycles. The Morgan fingerprint density at radius 2 is 1.92 bits per heavy atom. The largest absolute Gasteiger partial charge is 0.484 e. The second kappa shape index (κ2) is 8.84. The van der Waals surface area contributed by atoms with E-state index in [0.717, 1.165) is 0 Å². The number of thiophene rings is 1. The molecular formula is C16H21N3O4S2. The molecule has 1 amide bonds. The number of nitrogens with zero attached hydrogens (tertiary/aromatic N) is 1. The molecule has 0 aliphatic carbocycles. The van der Waals surface area contributed by atoms with Gasteiger partial charge >= 0.3 is 0 Å². The van der Waals surface area contributed by atoms with Crippen molar-refractivity contribution in [3.63, 3.8) is 0 Å². The SMILES string of the molecule is CNCCNC(=O)COc1ccc(N(C)S(=O)(=O)c2cccs2)cc1. The second-order valence-corrected chi connectivity index (χ2v) is 8.28. The molecule has 25 heavy (non-hydrogen) atoms. The summed E-state index contributed by atoms with van der Waals surface area (Å²) < 4.78 is 31.8. The molecule has 9 heteroatoms. The molecule has 0 atom stereocenters. The standard InChI is InChI=1S/C16H21N3O4S2/c1-17-9-10-18-15(20)12-23-14-7-5-13(6-8-14)19(2)25(21,22)16-4-3-11-24-16/h3-8,11,17H,9-10,12H2,1-2H3,(H,18,20). The number of nitrogens with one attached hydrogen (secondary N) is 2. The number of anilines is 1. The predicted octanol–water partition coefficient (Wildman–Crippen LogP) is 1.29. The van der Waals surface area contributed by atoms with Crippen molar-refractivity contribution in [2.24, 2.45) is 0 Å². The lowest BCUT2D eigenvalue weighted by Gasteiger charge is -2.18. The molecule has 1 aromatic heterocycles. The number of ether oxygens (including phenoxy) is 1. The van der Waals surface area contributed by atoms with E-state index in [0.29, 0.717) is 24.5 Å². The Morgan fingerprint density at radius 3 is 2.52 bits per heavy atom. The van der Waals surface area contributed by atoms with E-state index in [1.54, 1.807) is 48.8 Å². The Kier molecular flexibility index (Phi) is 6.80. The lowest BCUT2D eigenvalue weighted by Crippen LogP contribution is -2.33. The molecule has 7 nitrogen and oxygen atoms in total. The quantitative estimate of drug-likeness (QED) is 0.637. The van der Waals surface area contributed by atoms with Gasteiger partial charge in [-0.3, -0.25) is 9.10 Å². The fourth-order valence-corrected chi connectivity index (χ4v) is 4.32. The maximum Gasteiger partial charge on any atom is 0.273 e. The van der Waals surface area contributed by atoms with Crippen LogP contribution in [0.3, 0.4) is 0 Å². The maximum absolute atomic E-state index is 12.5. The molecule has 2 N–H and O–H groups in total. The number of hydrogen-bond acceptors (Lipinski definition) is 6. The van der Waals surface area contributed by atoms with Crippen LogP contribution >= 0.6 is 11.3 Å². The van der Waals surface area contributed by atoms with Crippen molar-refractivity contribution < 1.29 is 17.9 Å². The molecule has 0 unspecified atom stereocenters. The van der Waals surface area contributed by atoms with Crippen molar-refractivity contribution in [3.05, 3.63) is 41.8 Å². The summed E-state index contributed by atoms with van der Waals surface area (Å²) in [4.78, 5) is 11.6. The van der Waals surface area contributed by atoms with Gasteiger partial charge in [0.15, 0.2) is 6.61 Å². The molecule has 1 heterocycles. The van der Waals surface area contributed by atoms with Crippen LogP contribution in [0.1, 0.15) is 0 Å². The van der Waals surface area contributed by atoms with Crippen LogP contribution in [0.25, 0.3) is 0 Å². The maximum atomic E-state index is 12.5. The number of amides is 1. The van der Waals surface area contributed by atoms with Gasteiger partial charge in [0.05, 0.1) is 5.69 Å². The van der Waals surface area contributed by atoms with Gasteiger partial charge in [-0.2, -0.15) is 0 Å². The summed E-state index contributed by atoms with van der Waals surface area (Å²) in [5.41, 5.74) is 0.513. The van der Waals surface area contributed by atoms with E-state index in [2.05, 4.69) is 10.6 Å². The molecule has 2 rings (SSSR count). The fourth-order valence-electron chi connectivity index (χ4n) is 1.96. The topological polar surface area (TPSA) is 87.7 Å². The average Bonchev–Trinajstić information content (AvgIpc) is 3.15. The fraction of sp³-hybridized carbons (Fsp3) is 0.312. The van der Waals surface area contributed by atoms with E-state index in [1.165, 1.54) is 22.7 Å². The van der Waals surface area contributed by atoms with Crippen molar-refractivity contribution in [2.45, 2.75) is 4.21 Å². The van der Waals surface area contributed by atoms with Gasteiger partial charge in [-0.1, -0.05) is 6.07 Å². The van der Waals surface area contributed by atoms with Crippen LogP contribution in [0.4, 0.5) is 5.69 Å².